The molecule has 0 aliphatic rings. The Labute approximate surface area is 303 Å². The second-order valence-electron chi connectivity index (χ2n) is 13.1. The van der Waals surface area contributed by atoms with Crippen molar-refractivity contribution in [2.24, 2.45) is 5.41 Å². The van der Waals surface area contributed by atoms with Gasteiger partial charge in [0, 0.05) is 18.4 Å². The summed E-state index contributed by atoms with van der Waals surface area (Å²) >= 11 is 0. The first kappa shape index (κ1) is 43.3. The Morgan fingerprint density at radius 2 is 0.980 bits per heavy atom. The average molecular weight is 715 g/mol. The van der Waals surface area contributed by atoms with Crippen molar-refractivity contribution in [3.05, 3.63) is 71.8 Å². The lowest BCUT2D eigenvalue weighted by Gasteiger charge is -2.26. The van der Waals surface area contributed by atoms with Gasteiger partial charge in [-0.05, 0) is 24.0 Å². The molecule has 0 saturated carbocycles. The fraction of sp³-hybridized carbons (Fsp3) is 0.590. The molecule has 0 radical (unpaired) electrons. The first-order valence-corrected chi connectivity index (χ1v) is 17.9. The second kappa shape index (κ2) is 26.0. The molecule has 284 valence electrons. The lowest BCUT2D eigenvalue weighted by atomic mass is 9.96. The lowest BCUT2D eigenvalue weighted by molar-refractivity contribution is -0.194. The number of unbranched alkanes of at least 4 members (excludes halogenated alkanes) is 5. The quantitative estimate of drug-likeness (QED) is 0.0570. The zero-order chi connectivity index (χ0) is 37.2. The highest BCUT2D eigenvalue weighted by Crippen LogP contribution is 2.17. The number of esters is 2. The van der Waals surface area contributed by atoms with Crippen LogP contribution in [0.2, 0.25) is 0 Å². The van der Waals surface area contributed by atoms with E-state index >= 15 is 0 Å². The smallest absolute Gasteiger partial charge is 0.307 e. The summed E-state index contributed by atoms with van der Waals surface area (Å²) in [5, 5.41) is 2.65. The van der Waals surface area contributed by atoms with Crippen LogP contribution in [0.4, 0.5) is 0 Å². The van der Waals surface area contributed by atoms with E-state index in [1.54, 1.807) is 0 Å². The van der Waals surface area contributed by atoms with E-state index in [0.717, 1.165) is 49.7 Å². The van der Waals surface area contributed by atoms with E-state index in [0.29, 0.717) is 32.8 Å². The molecular formula is C39H58N2O10. The number of hydrogen-bond acceptors (Lipinski definition) is 10. The Morgan fingerprint density at radius 1 is 0.549 bits per heavy atom. The van der Waals surface area contributed by atoms with Crippen LogP contribution in [0.3, 0.4) is 0 Å². The molecule has 2 rings (SSSR count). The van der Waals surface area contributed by atoms with Crippen molar-refractivity contribution in [3.8, 4) is 0 Å². The van der Waals surface area contributed by atoms with Gasteiger partial charge >= 0.3 is 11.9 Å². The fourth-order valence-electron chi connectivity index (χ4n) is 4.91. The molecular weight excluding hydrogens is 656 g/mol. The number of hydrogen-bond donors (Lipinski definition) is 0. The Morgan fingerprint density at radius 3 is 1.47 bits per heavy atom. The summed E-state index contributed by atoms with van der Waals surface area (Å²) in [4.78, 5) is 60.6. The van der Waals surface area contributed by atoms with Crippen LogP contribution in [0.5, 0.6) is 0 Å². The third-order valence-corrected chi connectivity index (χ3v) is 7.89. The molecule has 0 heterocycles. The number of carbonyl (C=O) groups excluding carboxylic acids is 4. The minimum atomic E-state index is -0.431. The van der Waals surface area contributed by atoms with Gasteiger partial charge in [0.2, 0.25) is 11.8 Å². The first-order valence-electron chi connectivity index (χ1n) is 17.9. The van der Waals surface area contributed by atoms with Gasteiger partial charge in [0.25, 0.3) is 0 Å². The van der Waals surface area contributed by atoms with Crippen LogP contribution >= 0.6 is 0 Å². The normalized spacial score (nSPS) is 11.2. The van der Waals surface area contributed by atoms with Gasteiger partial charge in [-0.3, -0.25) is 28.9 Å². The third-order valence-electron chi connectivity index (χ3n) is 7.89. The van der Waals surface area contributed by atoms with Gasteiger partial charge in [-0.25, -0.2) is 10.1 Å². The fourth-order valence-corrected chi connectivity index (χ4v) is 4.91. The van der Waals surface area contributed by atoms with E-state index in [9.17, 15) is 19.2 Å². The molecule has 12 nitrogen and oxygen atoms in total. The van der Waals surface area contributed by atoms with Gasteiger partial charge in [-0.2, -0.15) is 0 Å². The summed E-state index contributed by atoms with van der Waals surface area (Å²) < 4.78 is 21.1. The van der Waals surface area contributed by atoms with Crippen LogP contribution in [0.25, 0.3) is 0 Å². The summed E-state index contributed by atoms with van der Waals surface area (Å²) in [5.74, 6) is -1.03. The molecule has 0 N–H and O–H groups in total. The molecule has 0 atom stereocenters. The molecule has 2 amide bonds. The van der Waals surface area contributed by atoms with Gasteiger partial charge in [-0.1, -0.05) is 100 Å². The highest BCUT2D eigenvalue weighted by atomic mass is 16.7. The topological polar surface area (TPSA) is 130 Å². The van der Waals surface area contributed by atoms with Crippen LogP contribution < -0.4 is 0 Å². The molecule has 0 aliphatic carbocycles. The largest absolute Gasteiger partial charge is 0.469 e. The number of amides is 2. The van der Waals surface area contributed by atoms with Gasteiger partial charge in [0.15, 0.2) is 0 Å². The maximum absolute atomic E-state index is 13.1. The zero-order valence-electron chi connectivity index (χ0n) is 31.0. The molecule has 0 aromatic heterocycles. The molecule has 2 aromatic carbocycles. The summed E-state index contributed by atoms with van der Waals surface area (Å²) in [7, 11) is 2.71. The Balaban J connectivity index is 1.72. The Hall–Kier alpha value is -3.84. The van der Waals surface area contributed by atoms with E-state index in [4.69, 9.17) is 23.9 Å². The molecule has 0 aliphatic heterocycles. The Bertz CT molecular complexity index is 1260. The summed E-state index contributed by atoms with van der Waals surface area (Å²) in [6, 6.07) is 19.2. The Kier molecular flexibility index (Phi) is 22.1. The van der Waals surface area contributed by atoms with E-state index in [1.807, 2.05) is 74.5 Å². The molecule has 0 saturated heterocycles. The van der Waals surface area contributed by atoms with Crippen LogP contribution in [0, 0.1) is 5.41 Å². The SMILES string of the molecule is COC(=O)CCCCCCCCN(OCc1ccccc1)C(=O)CCOCC(C)(C)COCCC(=O)N(CCC(=O)OC)OCc1ccccc1. The molecule has 51 heavy (non-hydrogen) atoms. The van der Waals surface area contributed by atoms with Crippen LogP contribution in [-0.4, -0.2) is 87.6 Å². The lowest BCUT2D eigenvalue weighted by Crippen LogP contribution is -2.34. The number of carbonyl (C=O) groups is 4. The average Bonchev–Trinajstić information content (AvgIpc) is 3.14. The van der Waals surface area contributed by atoms with Crippen LogP contribution in [0.15, 0.2) is 60.7 Å². The third kappa shape index (κ3) is 20.6. The molecule has 2 aromatic rings. The van der Waals surface area contributed by atoms with E-state index in [1.165, 1.54) is 24.3 Å². The van der Waals surface area contributed by atoms with Crippen molar-refractivity contribution in [2.75, 3.05) is 53.7 Å². The highest BCUT2D eigenvalue weighted by molar-refractivity contribution is 5.76. The zero-order valence-corrected chi connectivity index (χ0v) is 31.0. The highest BCUT2D eigenvalue weighted by Gasteiger charge is 2.22. The second-order valence-corrected chi connectivity index (χ2v) is 13.1. The molecule has 0 unspecified atom stereocenters. The number of benzene rings is 2. The van der Waals surface area contributed by atoms with E-state index in [2.05, 4.69) is 4.74 Å². The number of nitrogens with zero attached hydrogens (tertiary/aromatic N) is 2. The van der Waals surface area contributed by atoms with Crippen molar-refractivity contribution in [2.45, 2.75) is 91.3 Å². The minimum absolute atomic E-state index is 0.0164. The van der Waals surface area contributed by atoms with Gasteiger partial charge < -0.3 is 18.9 Å². The monoisotopic (exact) mass is 714 g/mol. The van der Waals surface area contributed by atoms with Crippen molar-refractivity contribution in [1.29, 1.82) is 0 Å². The molecule has 0 bridgehead atoms. The van der Waals surface area contributed by atoms with E-state index in [-0.39, 0.29) is 68.8 Å². The number of rotatable bonds is 28. The molecule has 0 fully saturated rings. The van der Waals surface area contributed by atoms with Gasteiger partial charge in [0.1, 0.15) is 13.2 Å². The van der Waals surface area contributed by atoms with Crippen molar-refractivity contribution < 1.29 is 47.8 Å². The number of hydroxylamine groups is 4. The summed E-state index contributed by atoms with van der Waals surface area (Å²) in [6.07, 6.45) is 6.34. The van der Waals surface area contributed by atoms with Crippen molar-refractivity contribution >= 4 is 23.8 Å². The van der Waals surface area contributed by atoms with Crippen molar-refractivity contribution in [1.82, 2.24) is 10.1 Å². The number of methoxy groups -OCH3 is 2. The van der Waals surface area contributed by atoms with Gasteiger partial charge in [-0.15, -0.1) is 0 Å². The minimum Gasteiger partial charge on any atom is -0.469 e. The predicted octanol–water partition coefficient (Wildman–Crippen LogP) is 6.21. The van der Waals surface area contributed by atoms with Crippen LogP contribution in [-0.2, 0) is 61.0 Å². The maximum Gasteiger partial charge on any atom is 0.307 e. The first-order chi connectivity index (χ1) is 24.6. The van der Waals surface area contributed by atoms with E-state index < -0.39 is 5.97 Å². The number of ether oxygens (including phenoxy) is 4. The van der Waals surface area contributed by atoms with Crippen LogP contribution in [0.1, 0.15) is 89.2 Å². The van der Waals surface area contributed by atoms with Gasteiger partial charge in [0.05, 0.1) is 66.5 Å². The molecule has 12 heteroatoms. The summed E-state index contributed by atoms with van der Waals surface area (Å²) in [5.41, 5.74) is 1.52. The standard InChI is InChI=1S/C39H58N2O10/c1-39(2,32-49-28-24-36(43)41(26-22-38(45)47-4)51-30-34-19-13-10-14-20-34)31-48-27-23-35(42)40(50-29-33-17-11-9-12-18-33)25-16-8-6-5-7-15-21-37(44)46-3/h9-14,17-20H,5-8,15-16,21-32H2,1-4H3. The molecule has 0 spiro atoms. The van der Waals surface area contributed by atoms with Crippen molar-refractivity contribution in [3.63, 3.8) is 0 Å². The maximum atomic E-state index is 13.1. The predicted molar refractivity (Wildman–Crippen MR) is 192 cm³/mol. The summed E-state index contributed by atoms with van der Waals surface area (Å²) in [6.45, 7) is 6.16.